The standard InChI is InChI=1S/C31H41N5O3/c1-21(2)30(38)29(22-8-4-3-5-9-22)34-31(39)24-11-6-10-23(14-24)25-12-7-13-36(17-25)28(37)19-35-16-26-15-32-20-33-27(26)18-35/h6,10-11,14-15,20-22,25,29H,3-5,7-9,12-13,16-19H2,1-2H3,(H,34,39)/t25?,29-/m1/s1. The van der Waals surface area contributed by atoms with E-state index in [-0.39, 0.29) is 35.4 Å². The average Bonchev–Trinajstić information content (AvgIpc) is 3.38. The van der Waals surface area contributed by atoms with Gasteiger partial charge in [-0.1, -0.05) is 45.2 Å². The van der Waals surface area contributed by atoms with Gasteiger partial charge >= 0.3 is 0 Å². The first-order chi connectivity index (χ1) is 18.9. The number of nitrogens with zero attached hydrogens (tertiary/aromatic N) is 4. The molecule has 0 radical (unpaired) electrons. The molecule has 0 spiro atoms. The second-order valence-corrected chi connectivity index (χ2v) is 11.9. The number of Topliss-reactive ketones (excluding diaryl/α,β-unsaturated/α-hetero) is 1. The third-order valence-corrected chi connectivity index (χ3v) is 8.69. The van der Waals surface area contributed by atoms with Crippen molar-refractivity contribution in [2.45, 2.75) is 83.8 Å². The lowest BCUT2D eigenvalue weighted by Crippen LogP contribution is -2.48. The van der Waals surface area contributed by atoms with Gasteiger partial charge in [-0.05, 0) is 49.3 Å². The van der Waals surface area contributed by atoms with Gasteiger partial charge in [0.05, 0.1) is 18.3 Å². The highest BCUT2D eigenvalue weighted by atomic mass is 16.2. The smallest absolute Gasteiger partial charge is 0.251 e. The second-order valence-electron chi connectivity index (χ2n) is 11.9. The molecule has 3 heterocycles. The summed E-state index contributed by atoms with van der Waals surface area (Å²) in [5.74, 6) is 0.370. The first-order valence-corrected chi connectivity index (χ1v) is 14.6. The maximum absolute atomic E-state index is 13.4. The summed E-state index contributed by atoms with van der Waals surface area (Å²) in [6.07, 6.45) is 10.7. The lowest BCUT2D eigenvalue weighted by molar-refractivity contribution is -0.133. The van der Waals surface area contributed by atoms with Crippen LogP contribution >= 0.6 is 0 Å². The number of hydrogen-bond acceptors (Lipinski definition) is 6. The molecule has 208 valence electrons. The molecular formula is C31H41N5O3. The number of ketones is 1. The van der Waals surface area contributed by atoms with Gasteiger partial charge in [0.1, 0.15) is 6.33 Å². The summed E-state index contributed by atoms with van der Waals surface area (Å²) in [7, 11) is 0. The van der Waals surface area contributed by atoms with Gasteiger partial charge in [0.15, 0.2) is 5.78 Å². The zero-order valence-electron chi connectivity index (χ0n) is 23.3. The Bertz CT molecular complexity index is 1170. The Morgan fingerprint density at radius 3 is 2.64 bits per heavy atom. The fourth-order valence-corrected chi connectivity index (χ4v) is 6.45. The van der Waals surface area contributed by atoms with E-state index >= 15 is 0 Å². The van der Waals surface area contributed by atoms with Crippen molar-refractivity contribution in [1.82, 2.24) is 25.1 Å². The first kappa shape index (κ1) is 27.4. The maximum Gasteiger partial charge on any atom is 0.251 e. The zero-order chi connectivity index (χ0) is 27.4. The Hall–Kier alpha value is -3.13. The van der Waals surface area contributed by atoms with Gasteiger partial charge < -0.3 is 10.2 Å². The lowest BCUT2D eigenvalue weighted by atomic mass is 9.80. The van der Waals surface area contributed by atoms with Gasteiger partial charge in [-0.25, -0.2) is 9.97 Å². The van der Waals surface area contributed by atoms with E-state index in [1.165, 1.54) is 6.42 Å². The van der Waals surface area contributed by atoms with E-state index in [2.05, 4.69) is 26.3 Å². The molecule has 2 fully saturated rings. The summed E-state index contributed by atoms with van der Waals surface area (Å²) in [5.41, 5.74) is 3.76. The molecule has 5 rings (SSSR count). The van der Waals surface area contributed by atoms with Gasteiger partial charge in [0, 0.05) is 55.3 Å². The SMILES string of the molecule is CC(C)C(=O)[C@H](NC(=O)c1cccc(C2CCCN(C(=O)CN3Cc4cncnc4C3)C2)c1)C1CCCCC1. The fourth-order valence-electron chi connectivity index (χ4n) is 6.45. The lowest BCUT2D eigenvalue weighted by Gasteiger charge is -2.34. The third-order valence-electron chi connectivity index (χ3n) is 8.69. The number of likely N-dealkylation sites (tertiary alicyclic amines) is 1. The molecule has 1 unspecified atom stereocenters. The molecule has 8 heteroatoms. The molecule has 3 aliphatic rings. The first-order valence-electron chi connectivity index (χ1n) is 14.6. The third kappa shape index (κ3) is 6.55. The van der Waals surface area contributed by atoms with Gasteiger partial charge in [0.25, 0.3) is 5.91 Å². The van der Waals surface area contributed by atoms with Crippen LogP contribution in [-0.4, -0.2) is 63.0 Å². The number of piperidine rings is 1. The topological polar surface area (TPSA) is 95.5 Å². The van der Waals surface area contributed by atoms with Crippen LogP contribution in [0.15, 0.2) is 36.8 Å². The minimum atomic E-state index is -0.424. The van der Waals surface area contributed by atoms with Crippen LogP contribution in [0.25, 0.3) is 0 Å². The van der Waals surface area contributed by atoms with E-state index in [1.807, 2.05) is 43.1 Å². The Morgan fingerprint density at radius 2 is 1.87 bits per heavy atom. The Morgan fingerprint density at radius 1 is 1.05 bits per heavy atom. The quantitative estimate of drug-likeness (QED) is 0.551. The number of hydrogen-bond donors (Lipinski definition) is 1. The van der Waals surface area contributed by atoms with E-state index < -0.39 is 6.04 Å². The number of fused-ring (bicyclic) bond motifs is 1. The summed E-state index contributed by atoms with van der Waals surface area (Å²) in [5, 5.41) is 3.12. The number of carbonyl (C=O) groups is 3. The van der Waals surface area contributed by atoms with Crippen molar-refractivity contribution in [2.24, 2.45) is 11.8 Å². The molecule has 8 nitrogen and oxygen atoms in total. The van der Waals surface area contributed by atoms with Crippen molar-refractivity contribution in [1.29, 1.82) is 0 Å². The molecule has 2 aliphatic heterocycles. The highest BCUT2D eigenvalue weighted by molar-refractivity contribution is 5.98. The Kier molecular flexibility index (Phi) is 8.70. The summed E-state index contributed by atoms with van der Waals surface area (Å²) < 4.78 is 0. The minimum absolute atomic E-state index is 0.114. The van der Waals surface area contributed by atoms with E-state index in [0.29, 0.717) is 31.7 Å². The van der Waals surface area contributed by atoms with Gasteiger partial charge in [0.2, 0.25) is 5.91 Å². The highest BCUT2D eigenvalue weighted by Gasteiger charge is 2.33. The van der Waals surface area contributed by atoms with Crippen LogP contribution in [0.4, 0.5) is 0 Å². The molecule has 2 atom stereocenters. The summed E-state index contributed by atoms with van der Waals surface area (Å²) in [4.78, 5) is 52.2. The second kappa shape index (κ2) is 12.4. The molecule has 1 saturated carbocycles. The number of nitrogens with one attached hydrogen (secondary N) is 1. The van der Waals surface area contributed by atoms with Crippen LogP contribution in [0, 0.1) is 11.8 Å². The normalized spacial score (nSPS) is 21.0. The van der Waals surface area contributed by atoms with Crippen LogP contribution in [0.1, 0.15) is 91.9 Å². The van der Waals surface area contributed by atoms with Crippen molar-refractivity contribution in [3.63, 3.8) is 0 Å². The van der Waals surface area contributed by atoms with Gasteiger partial charge in [-0.15, -0.1) is 0 Å². The predicted molar refractivity (Wildman–Crippen MR) is 149 cm³/mol. The predicted octanol–water partition coefficient (Wildman–Crippen LogP) is 4.10. The van der Waals surface area contributed by atoms with Gasteiger partial charge in [-0.3, -0.25) is 19.3 Å². The van der Waals surface area contributed by atoms with Crippen LogP contribution in [0.5, 0.6) is 0 Å². The molecule has 1 N–H and O–H groups in total. The fraction of sp³-hybridized carbons (Fsp3) is 0.581. The monoisotopic (exact) mass is 531 g/mol. The van der Waals surface area contributed by atoms with E-state index in [9.17, 15) is 14.4 Å². The molecule has 0 bridgehead atoms. The molecule has 2 amide bonds. The molecule has 1 saturated heterocycles. The van der Waals surface area contributed by atoms with Crippen molar-refractivity contribution in [3.05, 3.63) is 59.2 Å². The molecular weight excluding hydrogens is 490 g/mol. The zero-order valence-corrected chi connectivity index (χ0v) is 23.3. The summed E-state index contributed by atoms with van der Waals surface area (Å²) in [6.45, 7) is 7.00. The van der Waals surface area contributed by atoms with Crippen LogP contribution in [-0.2, 0) is 22.7 Å². The van der Waals surface area contributed by atoms with Crippen molar-refractivity contribution < 1.29 is 14.4 Å². The van der Waals surface area contributed by atoms with E-state index in [4.69, 9.17) is 0 Å². The van der Waals surface area contributed by atoms with Gasteiger partial charge in [-0.2, -0.15) is 0 Å². The number of benzene rings is 1. The van der Waals surface area contributed by atoms with E-state index in [0.717, 1.165) is 61.9 Å². The molecule has 1 aromatic heterocycles. The van der Waals surface area contributed by atoms with Crippen LogP contribution in [0.3, 0.4) is 0 Å². The molecule has 1 aliphatic carbocycles. The summed E-state index contributed by atoms with van der Waals surface area (Å²) >= 11 is 0. The molecule has 39 heavy (non-hydrogen) atoms. The highest BCUT2D eigenvalue weighted by Crippen LogP contribution is 2.30. The molecule has 2 aromatic rings. The number of carbonyl (C=O) groups excluding carboxylic acids is 3. The Labute approximate surface area is 231 Å². The maximum atomic E-state index is 13.4. The molecule has 1 aromatic carbocycles. The number of rotatable bonds is 8. The number of aromatic nitrogens is 2. The summed E-state index contributed by atoms with van der Waals surface area (Å²) in [6, 6.07) is 7.35. The van der Waals surface area contributed by atoms with Crippen molar-refractivity contribution >= 4 is 17.6 Å². The Balaban J connectivity index is 1.22. The van der Waals surface area contributed by atoms with Crippen molar-refractivity contribution in [2.75, 3.05) is 19.6 Å². The van der Waals surface area contributed by atoms with Crippen LogP contribution < -0.4 is 5.32 Å². The number of amides is 2. The minimum Gasteiger partial charge on any atom is -0.342 e. The van der Waals surface area contributed by atoms with Crippen molar-refractivity contribution in [3.8, 4) is 0 Å². The average molecular weight is 532 g/mol. The largest absolute Gasteiger partial charge is 0.342 e. The van der Waals surface area contributed by atoms with E-state index in [1.54, 1.807) is 6.33 Å². The van der Waals surface area contributed by atoms with Crippen LogP contribution in [0.2, 0.25) is 0 Å².